The number of hydrogen-bond donors (Lipinski definition) is 1. The van der Waals surface area contributed by atoms with Gasteiger partial charge in [-0.05, 0) is 62.5 Å². The lowest BCUT2D eigenvalue weighted by molar-refractivity contribution is -0.137. The Hall–Kier alpha value is -1.42. The molecule has 3 nitrogen and oxygen atoms in total. The van der Waals surface area contributed by atoms with Crippen molar-refractivity contribution in [3.8, 4) is 0 Å². The molecule has 0 radical (unpaired) electrons. The summed E-state index contributed by atoms with van der Waals surface area (Å²) in [6.45, 7) is 2.00. The largest absolute Gasteiger partial charge is 0.481 e. The molecule has 1 aliphatic heterocycles. The zero-order chi connectivity index (χ0) is 13.8. The number of carboxylic acids is 1. The van der Waals surface area contributed by atoms with E-state index in [9.17, 15) is 9.18 Å². The van der Waals surface area contributed by atoms with Crippen molar-refractivity contribution in [2.75, 3.05) is 20.1 Å². The van der Waals surface area contributed by atoms with E-state index in [0.717, 1.165) is 31.5 Å². The van der Waals surface area contributed by atoms with Gasteiger partial charge in [-0.3, -0.25) is 4.79 Å². The number of carbonyl (C=O) groups is 1. The summed E-state index contributed by atoms with van der Waals surface area (Å²) in [4.78, 5) is 13.3. The van der Waals surface area contributed by atoms with Crippen molar-refractivity contribution in [2.45, 2.75) is 25.2 Å². The summed E-state index contributed by atoms with van der Waals surface area (Å²) in [5.74, 6) is -0.695. The number of rotatable bonds is 4. The minimum atomic E-state index is -0.784. The summed E-state index contributed by atoms with van der Waals surface area (Å²) in [5, 5.41) is 9.10. The molecule has 19 heavy (non-hydrogen) atoms. The Labute approximate surface area is 113 Å². The van der Waals surface area contributed by atoms with Gasteiger partial charge in [0.25, 0.3) is 0 Å². The average Bonchev–Trinajstić information content (AvgIpc) is 2.38. The smallest absolute Gasteiger partial charge is 0.303 e. The van der Waals surface area contributed by atoms with Crippen LogP contribution in [0.1, 0.15) is 30.7 Å². The zero-order valence-corrected chi connectivity index (χ0v) is 11.2. The molecule has 1 N–H and O–H groups in total. The lowest BCUT2D eigenvalue weighted by atomic mass is 9.78. The van der Waals surface area contributed by atoms with Crippen molar-refractivity contribution < 1.29 is 14.3 Å². The van der Waals surface area contributed by atoms with Gasteiger partial charge in [-0.15, -0.1) is 0 Å². The summed E-state index contributed by atoms with van der Waals surface area (Å²) >= 11 is 0. The van der Waals surface area contributed by atoms with Gasteiger partial charge in [0.15, 0.2) is 0 Å². The van der Waals surface area contributed by atoms with Gasteiger partial charge >= 0.3 is 5.97 Å². The van der Waals surface area contributed by atoms with E-state index in [-0.39, 0.29) is 18.2 Å². The standard InChI is InChI=1S/C15H20FNO2/c1-17-8-6-12(7-9-17)14(10-15(18)19)11-2-4-13(16)5-3-11/h2-5,12,14H,6-10H2,1H3,(H,18,19). The molecule has 1 aliphatic rings. The molecule has 0 aromatic heterocycles. The van der Waals surface area contributed by atoms with Crippen LogP contribution in [-0.2, 0) is 4.79 Å². The molecule has 0 amide bonds. The van der Waals surface area contributed by atoms with E-state index < -0.39 is 5.97 Å². The Morgan fingerprint density at radius 2 is 1.95 bits per heavy atom. The van der Waals surface area contributed by atoms with E-state index >= 15 is 0 Å². The second-order valence-corrected chi connectivity index (χ2v) is 5.40. The molecule has 1 heterocycles. The van der Waals surface area contributed by atoms with Crippen LogP contribution in [-0.4, -0.2) is 36.1 Å². The first kappa shape index (κ1) is 14.0. The minimum absolute atomic E-state index is 0.00759. The third kappa shape index (κ3) is 3.77. The SMILES string of the molecule is CN1CCC(C(CC(=O)O)c2ccc(F)cc2)CC1. The Morgan fingerprint density at radius 3 is 2.47 bits per heavy atom. The highest BCUT2D eigenvalue weighted by Crippen LogP contribution is 2.35. The minimum Gasteiger partial charge on any atom is -0.481 e. The van der Waals surface area contributed by atoms with Gasteiger partial charge in [0.05, 0.1) is 6.42 Å². The highest BCUT2D eigenvalue weighted by Gasteiger charge is 2.28. The topological polar surface area (TPSA) is 40.5 Å². The number of carboxylic acid groups (broad SMARTS) is 1. The Bertz CT molecular complexity index is 424. The van der Waals surface area contributed by atoms with Crippen LogP contribution in [0.5, 0.6) is 0 Å². The van der Waals surface area contributed by atoms with Crippen LogP contribution >= 0.6 is 0 Å². The molecular formula is C15H20FNO2. The van der Waals surface area contributed by atoms with Crippen LogP contribution in [0.15, 0.2) is 24.3 Å². The van der Waals surface area contributed by atoms with Gasteiger partial charge in [0.2, 0.25) is 0 Å². The molecule has 0 spiro atoms. The van der Waals surface area contributed by atoms with Gasteiger partial charge < -0.3 is 10.0 Å². The van der Waals surface area contributed by atoms with Crippen LogP contribution in [0, 0.1) is 11.7 Å². The second-order valence-electron chi connectivity index (χ2n) is 5.40. The van der Waals surface area contributed by atoms with Crippen molar-refractivity contribution in [2.24, 2.45) is 5.92 Å². The molecule has 0 bridgehead atoms. The molecule has 1 aromatic carbocycles. The molecule has 104 valence electrons. The normalized spacial score (nSPS) is 19.3. The first-order valence-electron chi connectivity index (χ1n) is 6.72. The van der Waals surface area contributed by atoms with Crippen molar-refractivity contribution in [3.05, 3.63) is 35.6 Å². The molecular weight excluding hydrogens is 245 g/mol. The molecule has 0 aliphatic carbocycles. The predicted molar refractivity (Wildman–Crippen MR) is 71.6 cm³/mol. The number of benzene rings is 1. The van der Waals surface area contributed by atoms with E-state index in [2.05, 4.69) is 11.9 Å². The Morgan fingerprint density at radius 1 is 1.37 bits per heavy atom. The molecule has 1 aromatic rings. The van der Waals surface area contributed by atoms with E-state index in [4.69, 9.17) is 5.11 Å². The van der Waals surface area contributed by atoms with Crippen molar-refractivity contribution in [3.63, 3.8) is 0 Å². The molecule has 1 atom stereocenters. The maximum absolute atomic E-state index is 13.0. The summed E-state index contributed by atoms with van der Waals surface area (Å²) in [5.41, 5.74) is 0.943. The lowest BCUT2D eigenvalue weighted by Crippen LogP contribution is -2.33. The van der Waals surface area contributed by atoms with E-state index in [0.29, 0.717) is 5.92 Å². The fraction of sp³-hybridized carbons (Fsp3) is 0.533. The number of likely N-dealkylation sites (tertiary alicyclic amines) is 1. The molecule has 1 unspecified atom stereocenters. The molecule has 1 fully saturated rings. The van der Waals surface area contributed by atoms with E-state index in [1.54, 1.807) is 12.1 Å². The molecule has 0 saturated carbocycles. The number of aliphatic carboxylic acids is 1. The maximum atomic E-state index is 13.0. The van der Waals surface area contributed by atoms with Crippen LogP contribution in [0.4, 0.5) is 4.39 Å². The first-order chi connectivity index (χ1) is 9.06. The molecule has 2 rings (SSSR count). The van der Waals surface area contributed by atoms with Gasteiger partial charge in [-0.2, -0.15) is 0 Å². The highest BCUT2D eigenvalue weighted by molar-refractivity contribution is 5.68. The fourth-order valence-corrected chi connectivity index (χ4v) is 2.89. The van der Waals surface area contributed by atoms with Gasteiger partial charge in [-0.1, -0.05) is 12.1 Å². The van der Waals surface area contributed by atoms with E-state index in [1.165, 1.54) is 12.1 Å². The highest BCUT2D eigenvalue weighted by atomic mass is 19.1. The summed E-state index contributed by atoms with van der Waals surface area (Å²) in [6, 6.07) is 6.28. The van der Waals surface area contributed by atoms with Crippen molar-refractivity contribution in [1.82, 2.24) is 4.90 Å². The van der Waals surface area contributed by atoms with Crippen molar-refractivity contribution in [1.29, 1.82) is 0 Å². The fourth-order valence-electron chi connectivity index (χ4n) is 2.89. The van der Waals surface area contributed by atoms with Crippen LogP contribution in [0.2, 0.25) is 0 Å². The number of halogens is 1. The third-order valence-electron chi connectivity index (χ3n) is 4.02. The Balaban J connectivity index is 2.15. The Kier molecular flexibility index (Phi) is 4.53. The lowest BCUT2D eigenvalue weighted by Gasteiger charge is -2.34. The first-order valence-corrected chi connectivity index (χ1v) is 6.72. The van der Waals surface area contributed by atoms with E-state index in [1.807, 2.05) is 0 Å². The quantitative estimate of drug-likeness (QED) is 0.910. The summed E-state index contributed by atoms with van der Waals surface area (Å²) in [7, 11) is 2.08. The van der Waals surface area contributed by atoms with Gasteiger partial charge in [-0.25, -0.2) is 4.39 Å². The number of hydrogen-bond acceptors (Lipinski definition) is 2. The number of nitrogens with zero attached hydrogens (tertiary/aromatic N) is 1. The predicted octanol–water partition coefficient (Wildman–Crippen LogP) is 2.73. The summed E-state index contributed by atoms with van der Waals surface area (Å²) in [6.07, 6.45) is 2.14. The monoisotopic (exact) mass is 265 g/mol. The molecule has 4 heteroatoms. The third-order valence-corrected chi connectivity index (χ3v) is 4.02. The average molecular weight is 265 g/mol. The van der Waals surface area contributed by atoms with Crippen LogP contribution < -0.4 is 0 Å². The zero-order valence-electron chi connectivity index (χ0n) is 11.2. The number of piperidine rings is 1. The van der Waals surface area contributed by atoms with Gasteiger partial charge in [0.1, 0.15) is 5.82 Å². The second kappa shape index (κ2) is 6.15. The summed E-state index contributed by atoms with van der Waals surface area (Å²) < 4.78 is 13.0. The van der Waals surface area contributed by atoms with Gasteiger partial charge in [0, 0.05) is 0 Å². The molecule has 1 saturated heterocycles. The van der Waals surface area contributed by atoms with Crippen LogP contribution in [0.3, 0.4) is 0 Å². The maximum Gasteiger partial charge on any atom is 0.303 e. The van der Waals surface area contributed by atoms with Crippen molar-refractivity contribution >= 4 is 5.97 Å². The van der Waals surface area contributed by atoms with Crippen LogP contribution in [0.25, 0.3) is 0 Å².